The van der Waals surface area contributed by atoms with Gasteiger partial charge in [-0.1, -0.05) is 25.7 Å². The van der Waals surface area contributed by atoms with E-state index >= 15 is 0 Å². The monoisotopic (exact) mass is 339 g/mol. The molecular formula is C20H29N5. The highest BCUT2D eigenvalue weighted by atomic mass is 15.2. The van der Waals surface area contributed by atoms with Crippen LogP contribution in [-0.2, 0) is 6.42 Å². The third kappa shape index (κ3) is 5.41. The van der Waals surface area contributed by atoms with Gasteiger partial charge in [0.25, 0.3) is 0 Å². The number of hydrogen-bond acceptors (Lipinski definition) is 5. The normalized spacial score (nSPS) is 15.6. The summed E-state index contributed by atoms with van der Waals surface area (Å²) in [4.78, 5) is 15.5. The lowest BCUT2D eigenvalue weighted by Crippen LogP contribution is -2.23. The maximum Gasteiger partial charge on any atom is 0.134 e. The lowest BCUT2D eigenvalue weighted by molar-refractivity contribution is 0.617. The van der Waals surface area contributed by atoms with Crippen molar-refractivity contribution >= 4 is 11.6 Å². The zero-order chi connectivity index (χ0) is 17.5. The molecular weight excluding hydrogens is 310 g/mol. The summed E-state index contributed by atoms with van der Waals surface area (Å²) in [5.41, 5.74) is 1.30. The number of nitrogens with zero attached hydrogens (tertiary/aromatic N) is 4. The molecule has 1 aliphatic rings. The predicted molar refractivity (Wildman–Crippen MR) is 103 cm³/mol. The van der Waals surface area contributed by atoms with Gasteiger partial charge in [-0.15, -0.1) is 0 Å². The highest BCUT2D eigenvalue weighted by molar-refractivity contribution is 5.49. The second kappa shape index (κ2) is 8.79. The molecule has 0 radical (unpaired) electrons. The van der Waals surface area contributed by atoms with Gasteiger partial charge in [-0.2, -0.15) is 0 Å². The van der Waals surface area contributed by atoms with E-state index in [2.05, 4.69) is 50.4 Å². The Balaban J connectivity index is 1.63. The first-order valence-corrected chi connectivity index (χ1v) is 9.43. The summed E-state index contributed by atoms with van der Waals surface area (Å²) in [5, 5.41) is 3.64. The van der Waals surface area contributed by atoms with Crippen LogP contribution in [0, 0.1) is 6.92 Å². The minimum absolute atomic E-state index is 0.548. The van der Waals surface area contributed by atoms with Crippen molar-refractivity contribution in [2.75, 3.05) is 23.8 Å². The van der Waals surface area contributed by atoms with E-state index in [9.17, 15) is 0 Å². The molecule has 0 saturated heterocycles. The number of anilines is 2. The van der Waals surface area contributed by atoms with Crippen LogP contribution >= 0.6 is 0 Å². The van der Waals surface area contributed by atoms with Gasteiger partial charge in [0, 0.05) is 38.1 Å². The number of nitrogens with one attached hydrogen (secondary N) is 1. The quantitative estimate of drug-likeness (QED) is 0.806. The van der Waals surface area contributed by atoms with Crippen LogP contribution in [0.15, 0.2) is 30.6 Å². The highest BCUT2D eigenvalue weighted by Crippen LogP contribution is 2.22. The molecule has 2 aromatic heterocycles. The van der Waals surface area contributed by atoms with Gasteiger partial charge < -0.3 is 10.2 Å². The Kier molecular flexibility index (Phi) is 6.20. The van der Waals surface area contributed by atoms with E-state index in [-0.39, 0.29) is 0 Å². The van der Waals surface area contributed by atoms with E-state index in [1.165, 1.54) is 44.1 Å². The summed E-state index contributed by atoms with van der Waals surface area (Å²) in [7, 11) is 2.10. The summed E-state index contributed by atoms with van der Waals surface area (Å²) >= 11 is 0. The minimum Gasteiger partial charge on any atom is -0.367 e. The number of aromatic nitrogens is 3. The standard InChI is InChI=1S/C20H29N5/c1-16-22-19(24-18-7-5-3-4-6-8-18)15-20(23-16)25(2)14-11-17-9-12-21-13-10-17/h9-10,12-13,15,18H,3-8,11,14H2,1-2H3,(H,22,23,24). The molecule has 0 aliphatic heterocycles. The van der Waals surface area contributed by atoms with Crippen LogP contribution < -0.4 is 10.2 Å². The van der Waals surface area contributed by atoms with E-state index < -0.39 is 0 Å². The zero-order valence-electron chi connectivity index (χ0n) is 15.4. The lowest BCUT2D eigenvalue weighted by atomic mass is 10.1. The molecule has 5 nitrogen and oxygen atoms in total. The molecule has 5 heteroatoms. The molecule has 0 amide bonds. The molecule has 134 valence electrons. The highest BCUT2D eigenvalue weighted by Gasteiger charge is 2.14. The molecule has 0 unspecified atom stereocenters. The smallest absolute Gasteiger partial charge is 0.134 e. The average Bonchev–Trinajstić information content (AvgIpc) is 2.89. The Morgan fingerprint density at radius 2 is 1.80 bits per heavy atom. The van der Waals surface area contributed by atoms with Crippen molar-refractivity contribution in [2.24, 2.45) is 0 Å². The number of hydrogen-bond donors (Lipinski definition) is 1. The van der Waals surface area contributed by atoms with Crippen LogP contribution in [0.5, 0.6) is 0 Å². The van der Waals surface area contributed by atoms with Crippen molar-refractivity contribution in [3.63, 3.8) is 0 Å². The van der Waals surface area contributed by atoms with Crippen LogP contribution in [-0.4, -0.2) is 34.6 Å². The first kappa shape index (κ1) is 17.6. The van der Waals surface area contributed by atoms with E-state index in [1.807, 2.05) is 19.3 Å². The SMILES string of the molecule is Cc1nc(NC2CCCCCC2)cc(N(C)CCc2ccncc2)n1. The van der Waals surface area contributed by atoms with E-state index in [1.54, 1.807) is 0 Å². The van der Waals surface area contributed by atoms with E-state index in [0.29, 0.717) is 6.04 Å². The molecule has 1 fully saturated rings. The molecule has 0 aromatic carbocycles. The summed E-state index contributed by atoms with van der Waals surface area (Å²) in [6.45, 7) is 2.89. The van der Waals surface area contributed by atoms with Crippen LogP contribution in [0.2, 0.25) is 0 Å². The Labute approximate surface area is 150 Å². The molecule has 3 rings (SSSR count). The van der Waals surface area contributed by atoms with Crippen molar-refractivity contribution in [2.45, 2.75) is 57.9 Å². The topological polar surface area (TPSA) is 53.9 Å². The molecule has 2 heterocycles. The van der Waals surface area contributed by atoms with Gasteiger partial charge in [-0.05, 0) is 43.9 Å². The van der Waals surface area contributed by atoms with Crippen LogP contribution in [0.1, 0.15) is 49.9 Å². The molecule has 0 bridgehead atoms. The van der Waals surface area contributed by atoms with Gasteiger partial charge in [0.05, 0.1) is 0 Å². The summed E-state index contributed by atoms with van der Waals surface area (Å²) < 4.78 is 0. The molecule has 2 aromatic rings. The van der Waals surface area contributed by atoms with Gasteiger partial charge in [0.1, 0.15) is 17.5 Å². The van der Waals surface area contributed by atoms with Gasteiger partial charge in [0.2, 0.25) is 0 Å². The first-order chi connectivity index (χ1) is 12.2. The number of likely N-dealkylation sites (N-methyl/N-ethyl adjacent to an activating group) is 1. The van der Waals surface area contributed by atoms with Crippen molar-refractivity contribution < 1.29 is 0 Å². The van der Waals surface area contributed by atoms with E-state index in [4.69, 9.17) is 0 Å². The third-order valence-corrected chi connectivity index (χ3v) is 4.91. The largest absolute Gasteiger partial charge is 0.367 e. The Morgan fingerprint density at radius 3 is 2.52 bits per heavy atom. The Bertz CT molecular complexity index is 650. The fourth-order valence-corrected chi connectivity index (χ4v) is 3.42. The third-order valence-electron chi connectivity index (χ3n) is 4.91. The lowest BCUT2D eigenvalue weighted by Gasteiger charge is -2.21. The minimum atomic E-state index is 0.548. The second-order valence-corrected chi connectivity index (χ2v) is 7.02. The van der Waals surface area contributed by atoms with Crippen molar-refractivity contribution in [3.8, 4) is 0 Å². The summed E-state index contributed by atoms with van der Waals surface area (Å²) in [6.07, 6.45) is 12.5. The Morgan fingerprint density at radius 1 is 1.08 bits per heavy atom. The average molecular weight is 339 g/mol. The van der Waals surface area contributed by atoms with Crippen molar-refractivity contribution in [1.82, 2.24) is 15.0 Å². The zero-order valence-corrected chi connectivity index (χ0v) is 15.4. The molecule has 1 aliphatic carbocycles. The second-order valence-electron chi connectivity index (χ2n) is 7.02. The molecule has 0 atom stereocenters. The maximum absolute atomic E-state index is 4.62. The van der Waals surface area contributed by atoms with Crippen molar-refractivity contribution in [3.05, 3.63) is 42.0 Å². The van der Waals surface area contributed by atoms with Crippen LogP contribution in [0.3, 0.4) is 0 Å². The number of rotatable bonds is 6. The first-order valence-electron chi connectivity index (χ1n) is 9.43. The number of pyridine rings is 1. The maximum atomic E-state index is 4.62. The van der Waals surface area contributed by atoms with Crippen LogP contribution in [0.4, 0.5) is 11.6 Å². The Hall–Kier alpha value is -2.17. The van der Waals surface area contributed by atoms with Crippen molar-refractivity contribution in [1.29, 1.82) is 0 Å². The molecule has 1 N–H and O–H groups in total. The van der Waals surface area contributed by atoms with Crippen LogP contribution in [0.25, 0.3) is 0 Å². The molecule has 25 heavy (non-hydrogen) atoms. The van der Waals surface area contributed by atoms with Gasteiger partial charge in [0.15, 0.2) is 0 Å². The predicted octanol–water partition coefficient (Wildman–Crippen LogP) is 3.99. The number of aryl methyl sites for hydroxylation is 1. The van der Waals surface area contributed by atoms with E-state index in [0.717, 1.165) is 30.4 Å². The van der Waals surface area contributed by atoms with Gasteiger partial charge in [-0.25, -0.2) is 9.97 Å². The summed E-state index contributed by atoms with van der Waals surface area (Å²) in [6, 6.07) is 6.77. The molecule has 0 spiro atoms. The molecule has 1 saturated carbocycles. The van der Waals surface area contributed by atoms with Gasteiger partial charge >= 0.3 is 0 Å². The summed E-state index contributed by atoms with van der Waals surface area (Å²) in [5.74, 6) is 2.77. The fraction of sp³-hybridized carbons (Fsp3) is 0.550. The van der Waals surface area contributed by atoms with Gasteiger partial charge in [-0.3, -0.25) is 4.98 Å². The fourth-order valence-electron chi connectivity index (χ4n) is 3.42.